The van der Waals surface area contributed by atoms with Crippen LogP contribution in [-0.4, -0.2) is 28.7 Å². The highest BCUT2D eigenvalue weighted by atomic mass is 32.1. The van der Waals surface area contributed by atoms with E-state index in [1.54, 1.807) is 0 Å². The van der Waals surface area contributed by atoms with Gasteiger partial charge >= 0.3 is 11.9 Å². The molecule has 1 amide bonds. The molecule has 0 spiro atoms. The van der Waals surface area contributed by atoms with Gasteiger partial charge < -0.3 is 13.8 Å². The lowest BCUT2D eigenvalue weighted by Crippen LogP contribution is -2.22. The minimum absolute atomic E-state index is 0.0251. The van der Waals surface area contributed by atoms with E-state index in [-0.39, 0.29) is 17.0 Å². The molecule has 2 aromatic heterocycles. The molecule has 2 aromatic carbocycles. The van der Waals surface area contributed by atoms with Gasteiger partial charge in [-0.1, -0.05) is 46.8 Å². The number of halogens is 1. The Kier molecular flexibility index (Phi) is 5.05. The number of hydrogen-bond acceptors (Lipinski definition) is 6. The summed E-state index contributed by atoms with van der Waals surface area (Å²) in [4.78, 5) is 28.7. The summed E-state index contributed by atoms with van der Waals surface area (Å²) in [5, 5.41) is 3.79. The van der Waals surface area contributed by atoms with E-state index in [4.69, 9.17) is 9.26 Å². The second kappa shape index (κ2) is 7.80. The molecule has 4 rings (SSSR count). The fourth-order valence-corrected chi connectivity index (χ4v) is 3.79. The van der Waals surface area contributed by atoms with Gasteiger partial charge in [-0.2, -0.15) is 4.99 Å². The van der Waals surface area contributed by atoms with E-state index >= 15 is 0 Å². The van der Waals surface area contributed by atoms with E-state index in [2.05, 4.69) is 10.1 Å². The molecule has 0 bridgehead atoms. The number of thiazole rings is 1. The van der Waals surface area contributed by atoms with Gasteiger partial charge in [0.25, 0.3) is 0 Å². The van der Waals surface area contributed by atoms with Crippen molar-refractivity contribution < 1.29 is 23.2 Å². The fraction of sp³-hybridized carbons (Fsp3) is 0.100. The number of benzene rings is 2. The third-order valence-corrected chi connectivity index (χ3v) is 5.19. The maximum atomic E-state index is 13.6. The lowest BCUT2D eigenvalue weighted by molar-refractivity contribution is -0.141. The van der Waals surface area contributed by atoms with Crippen LogP contribution in [0, 0.1) is 5.82 Å². The molecule has 0 radical (unpaired) electrons. The molecule has 0 N–H and O–H groups in total. The Morgan fingerprint density at radius 2 is 2.00 bits per heavy atom. The number of aromatic nitrogens is 2. The van der Waals surface area contributed by atoms with Crippen molar-refractivity contribution in [2.24, 2.45) is 4.99 Å². The van der Waals surface area contributed by atoms with Crippen LogP contribution in [0.25, 0.3) is 21.5 Å². The van der Waals surface area contributed by atoms with Crippen molar-refractivity contribution in [2.75, 3.05) is 7.11 Å². The molecule has 0 saturated heterocycles. The summed E-state index contributed by atoms with van der Waals surface area (Å²) < 4.78 is 25.6. The second-order valence-corrected chi connectivity index (χ2v) is 7.03. The monoisotopic (exact) mass is 411 g/mol. The fourth-order valence-electron chi connectivity index (χ4n) is 2.74. The van der Waals surface area contributed by atoms with Crippen LogP contribution >= 0.6 is 11.3 Å². The van der Waals surface area contributed by atoms with Gasteiger partial charge in [0.05, 0.1) is 17.3 Å². The van der Waals surface area contributed by atoms with Crippen LogP contribution in [0.1, 0.15) is 10.5 Å². The number of ether oxygens (including phenoxy) is 1. The normalized spacial score (nSPS) is 11.7. The number of esters is 1. The zero-order valence-electron chi connectivity index (χ0n) is 15.2. The smallest absolute Gasteiger partial charge is 0.325 e. The molecule has 9 heteroatoms. The van der Waals surface area contributed by atoms with Crippen LogP contribution in [0.4, 0.5) is 4.39 Å². The molecule has 0 aliphatic rings. The van der Waals surface area contributed by atoms with E-state index in [1.165, 1.54) is 35.9 Å². The third-order valence-electron chi connectivity index (χ3n) is 4.14. The van der Waals surface area contributed by atoms with Crippen LogP contribution in [0.15, 0.2) is 64.1 Å². The van der Waals surface area contributed by atoms with Crippen molar-refractivity contribution >= 4 is 33.4 Å². The number of carbonyl (C=O) groups is 2. The summed E-state index contributed by atoms with van der Waals surface area (Å²) in [6.07, 6.45) is 0. The van der Waals surface area contributed by atoms with Gasteiger partial charge in [0.1, 0.15) is 12.4 Å². The number of amides is 1. The minimum Gasteiger partial charge on any atom is -0.468 e. The van der Waals surface area contributed by atoms with Crippen LogP contribution in [0.3, 0.4) is 0 Å². The predicted molar refractivity (Wildman–Crippen MR) is 104 cm³/mol. The molecule has 4 aromatic rings. The highest BCUT2D eigenvalue weighted by Crippen LogP contribution is 2.21. The average molecular weight is 411 g/mol. The van der Waals surface area contributed by atoms with E-state index in [0.717, 1.165) is 16.9 Å². The van der Waals surface area contributed by atoms with Crippen LogP contribution in [-0.2, 0) is 16.1 Å². The van der Waals surface area contributed by atoms with Gasteiger partial charge in [-0.25, -0.2) is 4.39 Å². The molecule has 0 atom stereocenters. The molecular weight excluding hydrogens is 397 g/mol. The van der Waals surface area contributed by atoms with Crippen LogP contribution in [0.2, 0.25) is 0 Å². The van der Waals surface area contributed by atoms with Gasteiger partial charge in [-0.15, -0.1) is 0 Å². The number of rotatable bonds is 4. The topological polar surface area (TPSA) is 86.7 Å². The number of fused-ring (bicyclic) bond motifs is 1. The minimum atomic E-state index is -0.637. The summed E-state index contributed by atoms with van der Waals surface area (Å²) in [6.45, 7) is -0.164. The Morgan fingerprint density at radius 3 is 2.76 bits per heavy atom. The zero-order valence-corrected chi connectivity index (χ0v) is 16.0. The highest BCUT2D eigenvalue weighted by Gasteiger charge is 2.16. The van der Waals surface area contributed by atoms with Crippen LogP contribution < -0.4 is 4.80 Å². The molecule has 0 saturated carbocycles. The molecule has 29 heavy (non-hydrogen) atoms. The molecule has 0 aliphatic carbocycles. The Morgan fingerprint density at radius 1 is 1.21 bits per heavy atom. The predicted octanol–water partition coefficient (Wildman–Crippen LogP) is 3.41. The summed E-state index contributed by atoms with van der Waals surface area (Å²) in [7, 11) is 1.26. The first-order valence-electron chi connectivity index (χ1n) is 8.52. The standard InChI is InChI=1S/C20H14FN3O4S/c1-27-18(25)11-24-15-8-7-13(21)9-17(15)29-20(24)22-19(26)14-10-16(28-23-14)12-5-3-2-4-6-12/h2-10H,11H2,1H3. The third kappa shape index (κ3) is 3.85. The molecule has 0 aliphatic heterocycles. The Bertz CT molecular complexity index is 1270. The Balaban J connectivity index is 1.75. The van der Waals surface area contributed by atoms with Crippen molar-refractivity contribution in [3.63, 3.8) is 0 Å². The maximum Gasteiger partial charge on any atom is 0.325 e. The van der Waals surface area contributed by atoms with Crippen molar-refractivity contribution in [3.8, 4) is 11.3 Å². The zero-order chi connectivity index (χ0) is 20.4. The second-order valence-electron chi connectivity index (χ2n) is 6.02. The van der Waals surface area contributed by atoms with Gasteiger partial charge in [-0.3, -0.25) is 9.59 Å². The highest BCUT2D eigenvalue weighted by molar-refractivity contribution is 7.16. The summed E-state index contributed by atoms with van der Waals surface area (Å²) in [6, 6.07) is 14.8. The lowest BCUT2D eigenvalue weighted by atomic mass is 10.1. The number of nitrogens with zero attached hydrogens (tertiary/aromatic N) is 3. The van der Waals surface area contributed by atoms with Crippen molar-refractivity contribution in [3.05, 3.63) is 70.9 Å². The molecule has 2 heterocycles. The lowest BCUT2D eigenvalue weighted by Gasteiger charge is -2.03. The number of carbonyl (C=O) groups excluding carboxylic acids is 2. The van der Waals surface area contributed by atoms with Gasteiger partial charge in [0.2, 0.25) is 0 Å². The average Bonchev–Trinajstić information content (AvgIpc) is 3.34. The molecular formula is C20H14FN3O4S. The Hall–Kier alpha value is -3.59. The van der Waals surface area contributed by atoms with Crippen molar-refractivity contribution in [2.45, 2.75) is 6.54 Å². The molecule has 7 nitrogen and oxygen atoms in total. The number of methoxy groups -OCH3 is 1. The first-order chi connectivity index (χ1) is 14.0. The summed E-state index contributed by atoms with van der Waals surface area (Å²) in [5.74, 6) is -1.15. The van der Waals surface area contributed by atoms with E-state index in [9.17, 15) is 14.0 Å². The van der Waals surface area contributed by atoms with E-state index in [1.807, 2.05) is 30.3 Å². The van der Waals surface area contributed by atoms with Crippen molar-refractivity contribution in [1.29, 1.82) is 0 Å². The number of hydrogen-bond donors (Lipinski definition) is 0. The largest absolute Gasteiger partial charge is 0.468 e. The van der Waals surface area contributed by atoms with Crippen LogP contribution in [0.5, 0.6) is 0 Å². The molecule has 0 fully saturated rings. The molecule has 146 valence electrons. The summed E-state index contributed by atoms with van der Waals surface area (Å²) >= 11 is 1.09. The van der Waals surface area contributed by atoms with E-state index in [0.29, 0.717) is 16.0 Å². The summed E-state index contributed by atoms with van der Waals surface area (Å²) in [5.41, 5.74) is 1.37. The van der Waals surface area contributed by atoms with E-state index < -0.39 is 17.7 Å². The van der Waals surface area contributed by atoms with Gasteiger partial charge in [0.15, 0.2) is 16.3 Å². The quantitative estimate of drug-likeness (QED) is 0.481. The molecule has 0 unspecified atom stereocenters. The first-order valence-corrected chi connectivity index (χ1v) is 9.33. The first kappa shape index (κ1) is 18.8. The maximum absolute atomic E-state index is 13.6. The van der Waals surface area contributed by atoms with Crippen molar-refractivity contribution in [1.82, 2.24) is 9.72 Å². The van der Waals surface area contributed by atoms with Gasteiger partial charge in [-0.05, 0) is 18.2 Å². The SMILES string of the molecule is COC(=O)Cn1c(=NC(=O)c2cc(-c3ccccc3)on2)sc2cc(F)ccc21. The Labute approximate surface area is 167 Å². The van der Waals surface area contributed by atoms with Gasteiger partial charge in [0, 0.05) is 11.6 Å².